The predicted octanol–water partition coefficient (Wildman–Crippen LogP) is 3.51. The first-order valence-electron chi connectivity index (χ1n) is 8.89. The Morgan fingerprint density at radius 3 is 2.56 bits per heavy atom. The summed E-state index contributed by atoms with van der Waals surface area (Å²) in [5.41, 5.74) is 2.05. The van der Waals surface area contributed by atoms with E-state index in [0.717, 1.165) is 5.56 Å². The summed E-state index contributed by atoms with van der Waals surface area (Å²) in [6.45, 7) is 4.25. The first-order valence-corrected chi connectivity index (χ1v) is 8.89. The van der Waals surface area contributed by atoms with Gasteiger partial charge in [0.25, 0.3) is 11.8 Å². The maximum Gasteiger partial charge on any atom is 0.263 e. The lowest BCUT2D eigenvalue weighted by Crippen LogP contribution is -2.39. The number of hydrogen-bond donors (Lipinski definition) is 0. The molecule has 1 heterocycles. The number of aryl methyl sites for hydroxylation is 1. The van der Waals surface area contributed by atoms with Gasteiger partial charge < -0.3 is 14.2 Å². The molecule has 6 heteroatoms. The van der Waals surface area contributed by atoms with E-state index in [2.05, 4.69) is 10.1 Å². The van der Waals surface area contributed by atoms with Crippen LogP contribution in [0.5, 0.6) is 5.75 Å². The van der Waals surface area contributed by atoms with Crippen LogP contribution in [-0.2, 0) is 11.2 Å². The number of ether oxygens (including phenoxy) is 1. The maximum atomic E-state index is 12.5. The number of hydrogen-bond acceptors (Lipinski definition) is 5. The van der Waals surface area contributed by atoms with Crippen molar-refractivity contribution in [3.05, 3.63) is 66.0 Å². The van der Waals surface area contributed by atoms with E-state index in [9.17, 15) is 4.79 Å². The Morgan fingerprint density at radius 2 is 1.85 bits per heavy atom. The van der Waals surface area contributed by atoms with Gasteiger partial charge in [0.2, 0.25) is 0 Å². The number of likely N-dealkylation sites (N-methyl/N-ethyl adjacent to an activating group) is 1. The van der Waals surface area contributed by atoms with Crippen molar-refractivity contribution in [1.82, 2.24) is 15.0 Å². The van der Waals surface area contributed by atoms with Crippen molar-refractivity contribution in [2.75, 3.05) is 13.6 Å². The highest BCUT2D eigenvalue weighted by atomic mass is 16.5. The molecule has 3 aromatic rings. The zero-order chi connectivity index (χ0) is 19.2. The summed E-state index contributed by atoms with van der Waals surface area (Å²) < 4.78 is 11.0. The van der Waals surface area contributed by atoms with Gasteiger partial charge in [0.05, 0.1) is 0 Å². The van der Waals surface area contributed by atoms with Crippen LogP contribution >= 0.6 is 0 Å². The normalized spacial score (nSPS) is 11.8. The summed E-state index contributed by atoms with van der Waals surface area (Å²) in [7, 11) is 1.74. The Hall–Kier alpha value is -3.15. The van der Waals surface area contributed by atoms with Crippen LogP contribution in [0.15, 0.2) is 59.1 Å². The second-order valence-corrected chi connectivity index (χ2v) is 6.46. The van der Waals surface area contributed by atoms with Crippen LogP contribution in [0, 0.1) is 6.92 Å². The minimum absolute atomic E-state index is 0.0962. The van der Waals surface area contributed by atoms with Gasteiger partial charge in [-0.1, -0.05) is 41.1 Å². The molecule has 2 aromatic carbocycles. The number of nitrogens with zero attached hydrogens (tertiary/aromatic N) is 3. The Labute approximate surface area is 158 Å². The van der Waals surface area contributed by atoms with E-state index in [4.69, 9.17) is 9.26 Å². The van der Waals surface area contributed by atoms with Crippen molar-refractivity contribution in [3.8, 4) is 17.2 Å². The highest BCUT2D eigenvalue weighted by molar-refractivity contribution is 5.80. The van der Waals surface area contributed by atoms with E-state index in [-0.39, 0.29) is 5.91 Å². The van der Waals surface area contributed by atoms with Gasteiger partial charge in [0.15, 0.2) is 11.9 Å². The summed E-state index contributed by atoms with van der Waals surface area (Å²) in [5, 5.41) is 4.00. The predicted molar refractivity (Wildman–Crippen MR) is 102 cm³/mol. The van der Waals surface area contributed by atoms with Gasteiger partial charge in [-0.15, -0.1) is 0 Å². The second-order valence-electron chi connectivity index (χ2n) is 6.46. The summed E-state index contributed by atoms with van der Waals surface area (Å²) in [6, 6.07) is 17.2. The third-order valence-corrected chi connectivity index (χ3v) is 4.22. The first kappa shape index (κ1) is 18.6. The van der Waals surface area contributed by atoms with Crippen LogP contribution in [-0.4, -0.2) is 40.6 Å². The molecule has 0 saturated carbocycles. The summed E-state index contributed by atoms with van der Waals surface area (Å²) in [5.74, 6) is 1.63. The third-order valence-electron chi connectivity index (χ3n) is 4.22. The fourth-order valence-electron chi connectivity index (χ4n) is 2.61. The largest absolute Gasteiger partial charge is 0.481 e. The van der Waals surface area contributed by atoms with Crippen LogP contribution < -0.4 is 4.74 Å². The van der Waals surface area contributed by atoms with Crippen molar-refractivity contribution in [1.29, 1.82) is 0 Å². The molecule has 0 unspecified atom stereocenters. The SMILES string of the molecule is Cc1ccc(-c2nc(CCN(C)C(=O)[C@H](C)Oc3ccccc3)no2)cc1. The number of aromatic nitrogens is 2. The minimum Gasteiger partial charge on any atom is -0.481 e. The topological polar surface area (TPSA) is 68.5 Å². The van der Waals surface area contributed by atoms with Gasteiger partial charge in [0.1, 0.15) is 5.75 Å². The molecule has 0 fully saturated rings. The molecule has 6 nitrogen and oxygen atoms in total. The highest BCUT2D eigenvalue weighted by Gasteiger charge is 2.20. The number of carbonyl (C=O) groups is 1. The van der Waals surface area contributed by atoms with Crippen LogP contribution in [0.3, 0.4) is 0 Å². The van der Waals surface area contributed by atoms with Crippen LogP contribution in [0.1, 0.15) is 18.3 Å². The van der Waals surface area contributed by atoms with Gasteiger partial charge in [-0.25, -0.2) is 0 Å². The lowest BCUT2D eigenvalue weighted by atomic mass is 10.1. The third kappa shape index (κ3) is 4.94. The number of para-hydroxylation sites is 1. The van der Waals surface area contributed by atoms with E-state index >= 15 is 0 Å². The van der Waals surface area contributed by atoms with Crippen LogP contribution in [0.25, 0.3) is 11.5 Å². The summed E-state index contributed by atoms with van der Waals surface area (Å²) >= 11 is 0. The highest BCUT2D eigenvalue weighted by Crippen LogP contribution is 2.18. The van der Waals surface area contributed by atoms with Crippen molar-refractivity contribution >= 4 is 5.91 Å². The quantitative estimate of drug-likeness (QED) is 0.641. The van der Waals surface area contributed by atoms with E-state index in [0.29, 0.717) is 30.4 Å². The minimum atomic E-state index is -0.564. The number of rotatable bonds is 7. The monoisotopic (exact) mass is 365 g/mol. The molecule has 1 amide bonds. The lowest BCUT2D eigenvalue weighted by Gasteiger charge is -2.21. The first-order chi connectivity index (χ1) is 13.0. The maximum absolute atomic E-state index is 12.5. The van der Waals surface area contributed by atoms with Crippen molar-refractivity contribution in [2.24, 2.45) is 0 Å². The second kappa shape index (κ2) is 8.49. The zero-order valence-corrected chi connectivity index (χ0v) is 15.8. The fourth-order valence-corrected chi connectivity index (χ4v) is 2.61. The van der Waals surface area contributed by atoms with Crippen molar-refractivity contribution in [3.63, 3.8) is 0 Å². The molecule has 0 aliphatic carbocycles. The molecule has 140 valence electrons. The van der Waals surface area contributed by atoms with E-state index in [1.807, 2.05) is 61.5 Å². The molecule has 0 aliphatic rings. The Balaban J connectivity index is 1.53. The standard InChI is InChI=1S/C21H23N3O3/c1-15-9-11-17(12-10-15)20-22-19(23-27-20)13-14-24(3)21(25)16(2)26-18-7-5-4-6-8-18/h4-12,16H,13-14H2,1-3H3/t16-/m0/s1. The number of amides is 1. The van der Waals surface area contributed by atoms with Crippen molar-refractivity contribution in [2.45, 2.75) is 26.4 Å². The van der Waals surface area contributed by atoms with Crippen LogP contribution in [0.2, 0.25) is 0 Å². The Morgan fingerprint density at radius 1 is 1.15 bits per heavy atom. The Bertz CT molecular complexity index is 875. The lowest BCUT2D eigenvalue weighted by molar-refractivity contribution is -0.136. The van der Waals surface area contributed by atoms with Gasteiger partial charge in [-0.2, -0.15) is 4.98 Å². The molecule has 27 heavy (non-hydrogen) atoms. The molecule has 1 aromatic heterocycles. The van der Waals surface area contributed by atoms with Crippen LogP contribution in [0.4, 0.5) is 0 Å². The van der Waals surface area contributed by atoms with Crippen molar-refractivity contribution < 1.29 is 14.1 Å². The van der Waals surface area contributed by atoms with Gasteiger partial charge in [-0.3, -0.25) is 4.79 Å². The smallest absolute Gasteiger partial charge is 0.263 e. The van der Waals surface area contributed by atoms with Gasteiger partial charge >= 0.3 is 0 Å². The molecule has 0 aliphatic heterocycles. The number of benzene rings is 2. The molecular weight excluding hydrogens is 342 g/mol. The number of carbonyl (C=O) groups excluding carboxylic acids is 1. The van der Waals surface area contributed by atoms with E-state index < -0.39 is 6.10 Å². The van der Waals surface area contributed by atoms with Gasteiger partial charge in [-0.05, 0) is 38.1 Å². The summed E-state index contributed by atoms with van der Waals surface area (Å²) in [4.78, 5) is 18.5. The molecule has 3 rings (SSSR count). The Kier molecular flexibility index (Phi) is 5.86. The fraction of sp³-hybridized carbons (Fsp3) is 0.286. The van der Waals surface area contributed by atoms with E-state index in [1.165, 1.54) is 5.56 Å². The molecule has 0 spiro atoms. The van der Waals surface area contributed by atoms with Gasteiger partial charge in [0, 0.05) is 25.6 Å². The molecule has 0 N–H and O–H groups in total. The average Bonchev–Trinajstić information content (AvgIpc) is 3.16. The molecule has 0 saturated heterocycles. The molecular formula is C21H23N3O3. The van der Waals surface area contributed by atoms with E-state index in [1.54, 1.807) is 18.9 Å². The molecule has 0 bridgehead atoms. The summed E-state index contributed by atoms with van der Waals surface area (Å²) in [6.07, 6.45) is -0.0545. The zero-order valence-electron chi connectivity index (χ0n) is 15.8. The molecule has 0 radical (unpaired) electrons. The average molecular weight is 365 g/mol. The molecule has 1 atom stereocenters.